The summed E-state index contributed by atoms with van der Waals surface area (Å²) in [6.07, 6.45) is -0.151. The Morgan fingerprint density at radius 1 is 1.27 bits per heavy atom. The van der Waals surface area contributed by atoms with Crippen LogP contribution >= 0.6 is 45.2 Å². The van der Waals surface area contributed by atoms with Crippen LogP contribution in [0, 0.1) is 11.8 Å². The number of carbonyl (C=O) groups is 2. The van der Waals surface area contributed by atoms with Gasteiger partial charge in [-0.2, -0.15) is 0 Å². The van der Waals surface area contributed by atoms with Gasteiger partial charge in [-0.3, -0.25) is 4.79 Å². The van der Waals surface area contributed by atoms with Crippen molar-refractivity contribution in [3.05, 3.63) is 7.16 Å². The van der Waals surface area contributed by atoms with E-state index in [-0.39, 0.29) is 40.9 Å². The van der Waals surface area contributed by atoms with Crippen molar-refractivity contribution < 1.29 is 18.8 Å². The molecule has 1 amide bonds. The van der Waals surface area contributed by atoms with E-state index in [1.165, 1.54) is 0 Å². The van der Waals surface area contributed by atoms with Crippen LogP contribution in [-0.4, -0.2) is 38.9 Å². The van der Waals surface area contributed by atoms with E-state index in [9.17, 15) is 9.59 Å². The highest BCUT2D eigenvalue weighted by molar-refractivity contribution is 14.1. The minimum atomic E-state index is -1.95. The van der Waals surface area contributed by atoms with Gasteiger partial charge < -0.3 is 14.5 Å². The van der Waals surface area contributed by atoms with Gasteiger partial charge in [-0.15, -0.1) is 0 Å². The average Bonchev–Trinajstić information content (AvgIpc) is 2.48. The molecular formula is C18H31I2NO4Si. The number of nitrogens with one attached hydrogen (secondary N) is 1. The molecule has 0 aromatic heterocycles. The van der Waals surface area contributed by atoms with Gasteiger partial charge in [0.05, 0.1) is 18.6 Å². The number of amides is 1. The van der Waals surface area contributed by atoms with Crippen molar-refractivity contribution >= 4 is 65.4 Å². The molecule has 4 atom stereocenters. The molecule has 0 spiro atoms. The average molecular weight is 607 g/mol. The van der Waals surface area contributed by atoms with E-state index in [4.69, 9.17) is 9.16 Å². The lowest BCUT2D eigenvalue weighted by atomic mass is 9.79. The van der Waals surface area contributed by atoms with Gasteiger partial charge in [-0.1, -0.05) is 27.7 Å². The maximum atomic E-state index is 12.3. The highest BCUT2D eigenvalue weighted by atomic mass is 127. The first-order valence-electron chi connectivity index (χ1n) is 8.95. The second-order valence-corrected chi connectivity index (χ2v) is 15.3. The monoisotopic (exact) mass is 607 g/mol. The number of β-lactam (4-membered cyclic amide) rings is 1. The summed E-state index contributed by atoms with van der Waals surface area (Å²) in [6, 6.07) is -0.0339. The van der Waals surface area contributed by atoms with Gasteiger partial charge in [0, 0.05) is 15.5 Å². The molecule has 0 aromatic rings. The Morgan fingerprint density at radius 2 is 1.81 bits per heavy atom. The fraction of sp³-hybridized carbons (Fsp3) is 0.778. The SMILES string of the molecule is CCOC(=O)/C(I)=C(\I)[C@@H](C)[C@H]1NC(=O)[C@@H]1[C@@H](C)O[Si](C)(C)C(C)(C)C. The summed E-state index contributed by atoms with van der Waals surface area (Å²) in [6.45, 7) is 17.2. The summed E-state index contributed by atoms with van der Waals surface area (Å²) >= 11 is 4.22. The molecule has 8 heteroatoms. The van der Waals surface area contributed by atoms with Gasteiger partial charge in [-0.05, 0) is 77.2 Å². The summed E-state index contributed by atoms with van der Waals surface area (Å²) in [5, 5.41) is 3.10. The highest BCUT2D eigenvalue weighted by Crippen LogP contribution is 2.41. The normalized spacial score (nSPS) is 24.2. The third-order valence-corrected chi connectivity index (χ3v) is 13.5. The molecule has 0 bridgehead atoms. The Hall–Kier alpha value is 0.317. The molecular weight excluding hydrogens is 576 g/mol. The van der Waals surface area contributed by atoms with Crippen LogP contribution in [0.5, 0.6) is 0 Å². The quantitative estimate of drug-likeness (QED) is 0.149. The number of ether oxygens (including phenoxy) is 1. The molecule has 1 saturated heterocycles. The number of rotatable bonds is 7. The Morgan fingerprint density at radius 3 is 2.23 bits per heavy atom. The van der Waals surface area contributed by atoms with Crippen LogP contribution in [-0.2, 0) is 18.8 Å². The van der Waals surface area contributed by atoms with E-state index in [2.05, 4.69) is 61.8 Å². The topological polar surface area (TPSA) is 64.6 Å². The smallest absolute Gasteiger partial charge is 0.345 e. The molecule has 0 unspecified atom stereocenters. The van der Waals surface area contributed by atoms with Crippen LogP contribution < -0.4 is 5.32 Å². The zero-order chi connectivity index (χ0) is 20.4. The van der Waals surface area contributed by atoms with E-state index in [1.54, 1.807) is 6.92 Å². The van der Waals surface area contributed by atoms with Crippen LogP contribution in [0.4, 0.5) is 0 Å². The zero-order valence-electron chi connectivity index (χ0n) is 16.9. The van der Waals surface area contributed by atoms with Crippen LogP contribution in [0.2, 0.25) is 18.1 Å². The number of esters is 1. The molecule has 0 aliphatic carbocycles. The number of halogens is 2. The standard InChI is InChI=1S/C18H31I2NO4Si/c1-9-24-17(23)14(20)13(19)10(2)15-12(16(22)21-15)11(3)25-26(7,8)18(4,5)6/h10-12,15H,9H2,1-8H3,(H,21,22)/b14-13+/t10-,11-,12-,15-/m1/s1. The Balaban J connectivity index is 2.94. The maximum Gasteiger partial charge on any atom is 0.345 e. The first-order chi connectivity index (χ1) is 11.7. The van der Waals surface area contributed by atoms with Gasteiger partial charge in [0.1, 0.15) is 3.58 Å². The summed E-state index contributed by atoms with van der Waals surface area (Å²) < 4.78 is 13.0. The lowest BCUT2D eigenvalue weighted by molar-refractivity contribution is -0.141. The predicted octanol–water partition coefficient (Wildman–Crippen LogP) is 4.79. The molecule has 0 radical (unpaired) electrons. The molecule has 26 heavy (non-hydrogen) atoms. The first-order valence-corrected chi connectivity index (χ1v) is 14.0. The van der Waals surface area contributed by atoms with E-state index in [0.717, 1.165) is 3.58 Å². The van der Waals surface area contributed by atoms with Crippen molar-refractivity contribution in [3.8, 4) is 0 Å². The Bertz CT molecular complexity index is 586. The van der Waals surface area contributed by atoms with Crippen LogP contribution in [0.15, 0.2) is 7.16 Å². The van der Waals surface area contributed by atoms with E-state index < -0.39 is 8.32 Å². The van der Waals surface area contributed by atoms with Gasteiger partial charge >= 0.3 is 5.97 Å². The lowest BCUT2D eigenvalue weighted by Crippen LogP contribution is -2.66. The van der Waals surface area contributed by atoms with Gasteiger partial charge in [0.2, 0.25) is 5.91 Å². The van der Waals surface area contributed by atoms with Crippen molar-refractivity contribution in [2.75, 3.05) is 6.61 Å². The number of carbonyl (C=O) groups excluding carboxylic acids is 2. The molecule has 0 aromatic carbocycles. The Labute approximate surface area is 185 Å². The molecule has 150 valence electrons. The van der Waals surface area contributed by atoms with Crippen molar-refractivity contribution in [3.63, 3.8) is 0 Å². The Kier molecular flexibility index (Phi) is 8.63. The summed E-state index contributed by atoms with van der Waals surface area (Å²) in [4.78, 5) is 24.3. The molecule has 1 heterocycles. The molecule has 1 rings (SSSR count). The van der Waals surface area contributed by atoms with Crippen LogP contribution in [0.25, 0.3) is 0 Å². The fourth-order valence-electron chi connectivity index (χ4n) is 2.72. The molecule has 1 N–H and O–H groups in total. The zero-order valence-corrected chi connectivity index (χ0v) is 22.2. The van der Waals surface area contributed by atoms with Crippen molar-refractivity contribution in [1.82, 2.24) is 5.32 Å². The first kappa shape index (κ1) is 24.4. The second kappa shape index (κ2) is 9.21. The fourth-order valence-corrected chi connectivity index (χ4v) is 5.41. The highest BCUT2D eigenvalue weighted by Gasteiger charge is 2.49. The third kappa shape index (κ3) is 5.44. The number of hydrogen-bond donors (Lipinski definition) is 1. The van der Waals surface area contributed by atoms with Crippen molar-refractivity contribution in [2.45, 2.75) is 71.8 Å². The third-order valence-electron chi connectivity index (χ3n) is 5.39. The predicted molar refractivity (Wildman–Crippen MR) is 124 cm³/mol. The maximum absolute atomic E-state index is 12.3. The second-order valence-electron chi connectivity index (χ2n) is 8.31. The molecule has 1 fully saturated rings. The lowest BCUT2D eigenvalue weighted by Gasteiger charge is -2.47. The van der Waals surface area contributed by atoms with E-state index >= 15 is 0 Å². The summed E-state index contributed by atoms with van der Waals surface area (Å²) in [7, 11) is -1.95. The van der Waals surface area contributed by atoms with Crippen LogP contribution in [0.1, 0.15) is 41.5 Å². The minimum Gasteiger partial charge on any atom is -0.462 e. The minimum absolute atomic E-state index is 0.0278. The molecule has 5 nitrogen and oxygen atoms in total. The van der Waals surface area contributed by atoms with E-state index in [0.29, 0.717) is 10.2 Å². The van der Waals surface area contributed by atoms with Crippen molar-refractivity contribution in [2.24, 2.45) is 11.8 Å². The van der Waals surface area contributed by atoms with E-state index in [1.807, 2.05) is 36.4 Å². The van der Waals surface area contributed by atoms with Gasteiger partial charge in [0.25, 0.3) is 0 Å². The summed E-state index contributed by atoms with van der Waals surface area (Å²) in [5.41, 5.74) is 0. The van der Waals surface area contributed by atoms with Gasteiger partial charge in [0.15, 0.2) is 8.32 Å². The molecule has 1 aliphatic heterocycles. The molecule has 1 aliphatic rings. The largest absolute Gasteiger partial charge is 0.462 e. The summed E-state index contributed by atoms with van der Waals surface area (Å²) in [5.74, 6) is -0.448. The van der Waals surface area contributed by atoms with Crippen LogP contribution in [0.3, 0.4) is 0 Å². The van der Waals surface area contributed by atoms with Gasteiger partial charge in [-0.25, -0.2) is 4.79 Å². The molecule has 0 saturated carbocycles. The van der Waals surface area contributed by atoms with Crippen molar-refractivity contribution in [1.29, 1.82) is 0 Å². The number of hydrogen-bond acceptors (Lipinski definition) is 4.